The van der Waals surface area contributed by atoms with E-state index in [4.69, 9.17) is 10.3 Å². The summed E-state index contributed by atoms with van der Waals surface area (Å²) in [6.07, 6.45) is 2.35. The minimum absolute atomic E-state index is 0.0344. The van der Waals surface area contributed by atoms with E-state index < -0.39 is 0 Å². The highest BCUT2D eigenvalue weighted by Gasteiger charge is 2.17. The van der Waals surface area contributed by atoms with Crippen LogP contribution in [0.4, 0.5) is 0 Å². The fraction of sp³-hybridized carbons (Fsp3) is 0.133. The lowest BCUT2D eigenvalue weighted by atomic mass is 10.1. The quantitative estimate of drug-likeness (QED) is 0.532. The number of furan rings is 1. The van der Waals surface area contributed by atoms with E-state index in [2.05, 4.69) is 43.9 Å². The van der Waals surface area contributed by atoms with Gasteiger partial charge in [-0.3, -0.25) is 11.3 Å². The maximum atomic E-state index is 5.66. The van der Waals surface area contributed by atoms with Gasteiger partial charge >= 0.3 is 0 Å². The van der Waals surface area contributed by atoms with Crippen LogP contribution in [0.2, 0.25) is 0 Å². The van der Waals surface area contributed by atoms with Crippen LogP contribution in [0.5, 0.6) is 0 Å². The van der Waals surface area contributed by atoms with Gasteiger partial charge in [-0.05, 0) is 22.0 Å². The Bertz CT molecular complexity index is 711. The topological polar surface area (TPSA) is 64.1 Å². The fourth-order valence-corrected chi connectivity index (χ4v) is 3.50. The highest BCUT2D eigenvalue weighted by atomic mass is 79.9. The van der Waals surface area contributed by atoms with Crippen molar-refractivity contribution < 1.29 is 4.42 Å². The van der Waals surface area contributed by atoms with Crippen LogP contribution < -0.4 is 11.3 Å². The van der Waals surface area contributed by atoms with Crippen LogP contribution >= 0.6 is 27.3 Å². The number of nitrogens with two attached hydrogens (primary N) is 1. The van der Waals surface area contributed by atoms with E-state index in [1.54, 1.807) is 17.6 Å². The van der Waals surface area contributed by atoms with Gasteiger partial charge in [0.2, 0.25) is 0 Å². The predicted molar refractivity (Wildman–Crippen MR) is 87.7 cm³/mol. The average molecular weight is 364 g/mol. The number of aromatic nitrogens is 1. The van der Waals surface area contributed by atoms with Crippen LogP contribution in [-0.4, -0.2) is 4.98 Å². The van der Waals surface area contributed by atoms with Crippen LogP contribution in [0, 0.1) is 0 Å². The highest BCUT2D eigenvalue weighted by molar-refractivity contribution is 9.10. The van der Waals surface area contributed by atoms with Gasteiger partial charge in [0.05, 0.1) is 23.0 Å². The Hall–Kier alpha value is -1.47. The molecule has 0 aliphatic carbocycles. The third-order valence-electron chi connectivity index (χ3n) is 3.22. The van der Waals surface area contributed by atoms with Gasteiger partial charge in [-0.1, -0.05) is 30.3 Å². The molecule has 0 amide bonds. The largest absolute Gasteiger partial charge is 0.457 e. The molecule has 1 unspecified atom stereocenters. The van der Waals surface area contributed by atoms with Crippen molar-refractivity contribution in [3.05, 3.63) is 63.3 Å². The number of rotatable bonds is 5. The molecule has 0 radical (unpaired) electrons. The maximum absolute atomic E-state index is 5.66. The van der Waals surface area contributed by atoms with Gasteiger partial charge < -0.3 is 4.42 Å². The lowest BCUT2D eigenvalue weighted by molar-refractivity contribution is 0.506. The zero-order valence-corrected chi connectivity index (χ0v) is 13.5. The maximum Gasteiger partial charge on any atom is 0.173 e. The lowest BCUT2D eigenvalue weighted by Crippen LogP contribution is -2.29. The number of benzene rings is 1. The van der Waals surface area contributed by atoms with E-state index >= 15 is 0 Å². The van der Waals surface area contributed by atoms with Crippen molar-refractivity contribution in [2.75, 3.05) is 0 Å². The Morgan fingerprint density at radius 1 is 1.29 bits per heavy atom. The predicted octanol–water partition coefficient (Wildman–Crippen LogP) is 3.91. The summed E-state index contributed by atoms with van der Waals surface area (Å²) in [4.78, 5) is 4.68. The summed E-state index contributed by atoms with van der Waals surface area (Å²) < 4.78 is 5.96. The summed E-state index contributed by atoms with van der Waals surface area (Å²) in [6, 6.07) is 12.0. The van der Waals surface area contributed by atoms with Gasteiger partial charge in [0, 0.05) is 22.9 Å². The average Bonchev–Trinajstić information content (AvgIpc) is 3.15. The second-order valence-corrected chi connectivity index (χ2v) is 6.23. The van der Waals surface area contributed by atoms with Crippen LogP contribution in [0.25, 0.3) is 11.3 Å². The number of hydrogen-bond donors (Lipinski definition) is 2. The first kappa shape index (κ1) is 14.5. The smallest absolute Gasteiger partial charge is 0.173 e. The van der Waals surface area contributed by atoms with Gasteiger partial charge in [0.15, 0.2) is 4.67 Å². The molecular weight excluding hydrogens is 350 g/mol. The molecule has 0 spiro atoms. The molecule has 0 saturated heterocycles. The molecule has 3 rings (SSSR count). The Kier molecular flexibility index (Phi) is 4.50. The van der Waals surface area contributed by atoms with Crippen LogP contribution in [-0.2, 0) is 6.42 Å². The first-order valence-electron chi connectivity index (χ1n) is 6.47. The number of hydrazine groups is 1. The molecular formula is C15H14BrN3OS. The number of halogens is 1. The van der Waals surface area contributed by atoms with Crippen molar-refractivity contribution in [3.63, 3.8) is 0 Å². The van der Waals surface area contributed by atoms with Gasteiger partial charge in [-0.2, -0.15) is 0 Å². The van der Waals surface area contributed by atoms with Crippen molar-refractivity contribution in [2.45, 2.75) is 12.5 Å². The van der Waals surface area contributed by atoms with Crippen LogP contribution in [0.1, 0.15) is 16.6 Å². The molecule has 1 aromatic carbocycles. The molecule has 0 aliphatic rings. The van der Waals surface area contributed by atoms with Crippen molar-refractivity contribution >= 4 is 27.3 Å². The van der Waals surface area contributed by atoms with Crippen LogP contribution in [0.3, 0.4) is 0 Å². The SMILES string of the molecule is NNC(Cc1nc(-c2ccccc2)cs1)c1ccoc1Br. The standard InChI is InChI=1S/C15H14BrN3OS/c16-15-11(6-7-20-15)12(19-17)8-14-18-13(9-21-14)10-4-2-1-3-5-10/h1-7,9,12,19H,8,17H2. The van der Waals surface area contributed by atoms with E-state index in [0.29, 0.717) is 11.1 Å². The molecule has 0 aliphatic heterocycles. The van der Waals surface area contributed by atoms with Gasteiger partial charge in [0.1, 0.15) is 0 Å². The normalized spacial score (nSPS) is 12.5. The zero-order valence-electron chi connectivity index (χ0n) is 11.1. The summed E-state index contributed by atoms with van der Waals surface area (Å²) in [5.41, 5.74) is 5.94. The summed E-state index contributed by atoms with van der Waals surface area (Å²) in [6.45, 7) is 0. The Labute approximate surface area is 135 Å². The third-order valence-corrected chi connectivity index (χ3v) is 4.74. The van der Waals surface area contributed by atoms with Gasteiger partial charge in [-0.25, -0.2) is 4.98 Å². The second kappa shape index (κ2) is 6.53. The molecule has 21 heavy (non-hydrogen) atoms. The molecule has 3 N–H and O–H groups in total. The summed E-state index contributed by atoms with van der Waals surface area (Å²) >= 11 is 5.02. The number of nitrogens with zero attached hydrogens (tertiary/aromatic N) is 1. The molecule has 0 bridgehead atoms. The first-order chi connectivity index (χ1) is 10.3. The van der Waals surface area contributed by atoms with E-state index in [9.17, 15) is 0 Å². The van der Waals surface area contributed by atoms with E-state index in [1.165, 1.54) is 0 Å². The van der Waals surface area contributed by atoms with Crippen molar-refractivity contribution in [1.82, 2.24) is 10.4 Å². The van der Waals surface area contributed by atoms with E-state index in [-0.39, 0.29) is 6.04 Å². The molecule has 2 heterocycles. The van der Waals surface area contributed by atoms with Crippen molar-refractivity contribution in [2.24, 2.45) is 5.84 Å². The zero-order chi connectivity index (χ0) is 14.7. The van der Waals surface area contributed by atoms with E-state index in [0.717, 1.165) is 21.8 Å². The third kappa shape index (κ3) is 3.24. The molecule has 108 valence electrons. The lowest BCUT2D eigenvalue weighted by Gasteiger charge is -2.12. The van der Waals surface area contributed by atoms with Crippen LogP contribution in [0.15, 0.2) is 57.1 Å². The molecule has 0 saturated carbocycles. The molecule has 2 aromatic heterocycles. The monoisotopic (exact) mass is 363 g/mol. The Morgan fingerprint density at radius 3 is 2.76 bits per heavy atom. The highest BCUT2D eigenvalue weighted by Crippen LogP contribution is 2.29. The minimum atomic E-state index is -0.0344. The van der Waals surface area contributed by atoms with Crippen molar-refractivity contribution in [3.8, 4) is 11.3 Å². The summed E-state index contributed by atoms with van der Waals surface area (Å²) in [5.74, 6) is 5.66. The molecule has 1 atom stereocenters. The number of nitrogens with one attached hydrogen (secondary N) is 1. The first-order valence-corrected chi connectivity index (χ1v) is 8.14. The Balaban J connectivity index is 1.79. The molecule has 0 fully saturated rings. The number of thiazole rings is 1. The number of hydrogen-bond acceptors (Lipinski definition) is 5. The fourth-order valence-electron chi connectivity index (χ4n) is 2.13. The summed E-state index contributed by atoms with van der Waals surface area (Å²) in [5, 5.41) is 3.10. The minimum Gasteiger partial charge on any atom is -0.457 e. The van der Waals surface area contributed by atoms with Gasteiger partial charge in [0.25, 0.3) is 0 Å². The van der Waals surface area contributed by atoms with E-state index in [1.807, 2.05) is 24.3 Å². The molecule has 4 nitrogen and oxygen atoms in total. The molecule has 3 aromatic rings. The second-order valence-electron chi connectivity index (χ2n) is 4.57. The Morgan fingerprint density at radius 2 is 2.10 bits per heavy atom. The van der Waals surface area contributed by atoms with Gasteiger partial charge in [-0.15, -0.1) is 11.3 Å². The summed E-state index contributed by atoms with van der Waals surface area (Å²) in [7, 11) is 0. The molecule has 6 heteroatoms. The van der Waals surface area contributed by atoms with Crippen molar-refractivity contribution in [1.29, 1.82) is 0 Å².